The Hall–Kier alpha value is -2.30. The van der Waals surface area contributed by atoms with Crippen LogP contribution in [-0.2, 0) is 0 Å². The standard InChI is InChI=1S/C14H15N3O2/c1-9-2-4-10(5-3-9)12-6-7-15-13-11(14(18)19)8-16-17(12)13/h2-5,8,12,15H,6-7H2,1H3,(H,18,19). The normalized spacial score (nSPS) is 17.6. The number of fused-ring (bicyclic) bond motifs is 1. The molecule has 0 spiro atoms. The van der Waals surface area contributed by atoms with Crippen LogP contribution in [0.2, 0.25) is 0 Å². The molecule has 0 amide bonds. The van der Waals surface area contributed by atoms with Crippen LogP contribution in [0.3, 0.4) is 0 Å². The van der Waals surface area contributed by atoms with Crippen molar-refractivity contribution in [2.24, 2.45) is 0 Å². The number of aryl methyl sites for hydroxylation is 1. The molecule has 1 unspecified atom stereocenters. The van der Waals surface area contributed by atoms with Crippen LogP contribution in [0.15, 0.2) is 30.5 Å². The Bertz CT molecular complexity index is 616. The SMILES string of the molecule is Cc1ccc(C2CCNc3c(C(=O)O)cnn32)cc1. The molecule has 0 radical (unpaired) electrons. The molecule has 5 nitrogen and oxygen atoms in total. The number of hydrogen-bond acceptors (Lipinski definition) is 3. The molecule has 1 aliphatic rings. The van der Waals surface area contributed by atoms with E-state index in [9.17, 15) is 4.79 Å². The number of rotatable bonds is 2. The average Bonchev–Trinajstić information content (AvgIpc) is 2.83. The molecule has 5 heteroatoms. The second-order valence-corrected chi connectivity index (χ2v) is 4.80. The monoisotopic (exact) mass is 257 g/mol. The van der Waals surface area contributed by atoms with Gasteiger partial charge in [-0.3, -0.25) is 0 Å². The molecule has 1 aromatic carbocycles. The second kappa shape index (κ2) is 4.42. The van der Waals surface area contributed by atoms with Gasteiger partial charge in [-0.2, -0.15) is 5.10 Å². The van der Waals surface area contributed by atoms with Crippen LogP contribution in [0.25, 0.3) is 0 Å². The lowest BCUT2D eigenvalue weighted by Gasteiger charge is -2.26. The molecule has 0 saturated carbocycles. The van der Waals surface area contributed by atoms with E-state index in [1.807, 2.05) is 6.92 Å². The highest BCUT2D eigenvalue weighted by molar-refractivity contribution is 5.93. The zero-order valence-electron chi connectivity index (χ0n) is 10.6. The van der Waals surface area contributed by atoms with E-state index in [2.05, 4.69) is 34.7 Å². The van der Waals surface area contributed by atoms with Crippen LogP contribution >= 0.6 is 0 Å². The summed E-state index contributed by atoms with van der Waals surface area (Å²) in [5, 5.41) is 16.5. The minimum atomic E-state index is -0.946. The molecule has 3 rings (SSSR count). The van der Waals surface area contributed by atoms with Crippen molar-refractivity contribution < 1.29 is 9.90 Å². The highest BCUT2D eigenvalue weighted by Crippen LogP contribution is 2.31. The van der Waals surface area contributed by atoms with E-state index in [0.717, 1.165) is 18.5 Å². The maximum Gasteiger partial charge on any atom is 0.341 e. The van der Waals surface area contributed by atoms with Crippen molar-refractivity contribution in [2.45, 2.75) is 19.4 Å². The summed E-state index contributed by atoms with van der Waals surface area (Å²) < 4.78 is 1.78. The predicted octanol–water partition coefficient (Wildman–Crippen LogP) is 2.29. The number of anilines is 1. The van der Waals surface area contributed by atoms with Crippen molar-refractivity contribution in [3.8, 4) is 0 Å². The molecule has 0 saturated heterocycles. The molecule has 0 fully saturated rings. The highest BCUT2D eigenvalue weighted by Gasteiger charge is 2.26. The number of aromatic nitrogens is 2. The fourth-order valence-electron chi connectivity index (χ4n) is 2.48. The van der Waals surface area contributed by atoms with Gasteiger partial charge in [0, 0.05) is 6.54 Å². The summed E-state index contributed by atoms with van der Waals surface area (Å²) in [7, 11) is 0. The number of carbonyl (C=O) groups is 1. The lowest BCUT2D eigenvalue weighted by molar-refractivity contribution is 0.0697. The largest absolute Gasteiger partial charge is 0.477 e. The minimum absolute atomic E-state index is 0.102. The van der Waals surface area contributed by atoms with Gasteiger partial charge in [-0.25, -0.2) is 9.48 Å². The van der Waals surface area contributed by atoms with Gasteiger partial charge in [0.25, 0.3) is 0 Å². The van der Waals surface area contributed by atoms with Gasteiger partial charge in [0.15, 0.2) is 0 Å². The van der Waals surface area contributed by atoms with Crippen molar-refractivity contribution >= 4 is 11.8 Å². The van der Waals surface area contributed by atoms with Gasteiger partial charge in [0.2, 0.25) is 0 Å². The van der Waals surface area contributed by atoms with Crippen molar-refractivity contribution in [2.75, 3.05) is 11.9 Å². The summed E-state index contributed by atoms with van der Waals surface area (Å²) in [6.07, 6.45) is 2.31. The number of carboxylic acids is 1. The van der Waals surface area contributed by atoms with Crippen LogP contribution < -0.4 is 5.32 Å². The highest BCUT2D eigenvalue weighted by atomic mass is 16.4. The Balaban J connectivity index is 2.03. The first-order valence-electron chi connectivity index (χ1n) is 6.28. The molecule has 2 heterocycles. The van der Waals surface area contributed by atoms with E-state index in [0.29, 0.717) is 5.82 Å². The Kier molecular flexibility index (Phi) is 2.74. The fraction of sp³-hybridized carbons (Fsp3) is 0.286. The first-order chi connectivity index (χ1) is 9.16. The molecule has 2 aromatic rings. The topological polar surface area (TPSA) is 67.2 Å². The average molecular weight is 257 g/mol. The molecular weight excluding hydrogens is 242 g/mol. The van der Waals surface area contributed by atoms with Crippen molar-refractivity contribution in [3.63, 3.8) is 0 Å². The molecule has 2 N–H and O–H groups in total. The Morgan fingerprint density at radius 3 is 2.84 bits per heavy atom. The van der Waals surface area contributed by atoms with E-state index in [-0.39, 0.29) is 11.6 Å². The van der Waals surface area contributed by atoms with E-state index < -0.39 is 5.97 Å². The molecule has 0 bridgehead atoms. The molecular formula is C14H15N3O2. The molecule has 0 aliphatic carbocycles. The molecule has 1 aliphatic heterocycles. The second-order valence-electron chi connectivity index (χ2n) is 4.80. The van der Waals surface area contributed by atoms with Crippen LogP contribution in [0.5, 0.6) is 0 Å². The van der Waals surface area contributed by atoms with Gasteiger partial charge in [-0.05, 0) is 18.9 Å². The minimum Gasteiger partial charge on any atom is -0.477 e. The van der Waals surface area contributed by atoms with Gasteiger partial charge < -0.3 is 10.4 Å². The zero-order valence-corrected chi connectivity index (χ0v) is 10.6. The molecule has 19 heavy (non-hydrogen) atoms. The third-order valence-electron chi connectivity index (χ3n) is 3.49. The van der Waals surface area contributed by atoms with Crippen LogP contribution in [0, 0.1) is 6.92 Å². The lowest BCUT2D eigenvalue weighted by atomic mass is 10.0. The number of carboxylic acid groups (broad SMARTS) is 1. The Labute approximate surface area is 110 Å². The van der Waals surface area contributed by atoms with Crippen LogP contribution in [0.4, 0.5) is 5.82 Å². The summed E-state index contributed by atoms with van der Waals surface area (Å²) in [6.45, 7) is 2.80. The number of hydrogen-bond donors (Lipinski definition) is 2. The number of nitrogens with zero attached hydrogens (tertiary/aromatic N) is 2. The third-order valence-corrected chi connectivity index (χ3v) is 3.49. The molecule has 1 aromatic heterocycles. The van der Waals surface area contributed by atoms with E-state index in [1.54, 1.807) is 4.68 Å². The number of nitrogens with one attached hydrogen (secondary N) is 1. The van der Waals surface area contributed by atoms with Crippen molar-refractivity contribution in [1.29, 1.82) is 0 Å². The lowest BCUT2D eigenvalue weighted by Crippen LogP contribution is -2.25. The third kappa shape index (κ3) is 1.97. The van der Waals surface area contributed by atoms with Crippen molar-refractivity contribution in [3.05, 3.63) is 47.2 Å². The number of benzene rings is 1. The first-order valence-corrected chi connectivity index (χ1v) is 6.28. The van der Waals surface area contributed by atoms with Gasteiger partial charge in [-0.15, -0.1) is 0 Å². The number of aromatic carboxylic acids is 1. The first kappa shape index (κ1) is 11.8. The van der Waals surface area contributed by atoms with Crippen LogP contribution in [-0.4, -0.2) is 27.4 Å². The maximum absolute atomic E-state index is 11.1. The fourth-order valence-corrected chi connectivity index (χ4v) is 2.48. The van der Waals surface area contributed by atoms with E-state index in [1.165, 1.54) is 11.8 Å². The molecule has 1 atom stereocenters. The van der Waals surface area contributed by atoms with Crippen molar-refractivity contribution in [1.82, 2.24) is 9.78 Å². The Morgan fingerprint density at radius 1 is 1.42 bits per heavy atom. The molecule has 98 valence electrons. The summed E-state index contributed by atoms with van der Waals surface area (Å²) in [5.74, 6) is -0.345. The summed E-state index contributed by atoms with van der Waals surface area (Å²) >= 11 is 0. The summed E-state index contributed by atoms with van der Waals surface area (Å²) in [6, 6.07) is 8.40. The summed E-state index contributed by atoms with van der Waals surface area (Å²) in [4.78, 5) is 11.1. The van der Waals surface area contributed by atoms with Crippen LogP contribution in [0.1, 0.15) is 33.9 Å². The van der Waals surface area contributed by atoms with E-state index in [4.69, 9.17) is 5.11 Å². The van der Waals surface area contributed by atoms with Gasteiger partial charge >= 0.3 is 5.97 Å². The summed E-state index contributed by atoms with van der Waals surface area (Å²) in [5.41, 5.74) is 2.61. The Morgan fingerprint density at radius 2 is 2.16 bits per heavy atom. The van der Waals surface area contributed by atoms with Gasteiger partial charge in [0.1, 0.15) is 11.4 Å². The van der Waals surface area contributed by atoms with E-state index >= 15 is 0 Å². The van der Waals surface area contributed by atoms with Gasteiger partial charge in [-0.1, -0.05) is 29.8 Å². The maximum atomic E-state index is 11.1. The zero-order chi connectivity index (χ0) is 13.4. The smallest absolute Gasteiger partial charge is 0.341 e. The quantitative estimate of drug-likeness (QED) is 0.866. The van der Waals surface area contributed by atoms with Gasteiger partial charge in [0.05, 0.1) is 12.2 Å². The predicted molar refractivity (Wildman–Crippen MR) is 71.6 cm³/mol.